The Hall–Kier alpha value is -2.41. The van der Waals surface area contributed by atoms with E-state index in [2.05, 4.69) is 15.5 Å². The van der Waals surface area contributed by atoms with Gasteiger partial charge in [0.2, 0.25) is 0 Å². The minimum atomic E-state index is -1.34. The van der Waals surface area contributed by atoms with Gasteiger partial charge in [-0.15, -0.1) is 0 Å². The third-order valence-corrected chi connectivity index (χ3v) is 2.74. The highest BCUT2D eigenvalue weighted by atomic mass is 16.4. The number of carboxylic acids is 1. The maximum absolute atomic E-state index is 11.9. The van der Waals surface area contributed by atoms with E-state index in [4.69, 9.17) is 5.11 Å². The van der Waals surface area contributed by atoms with Crippen LogP contribution < -0.4 is 5.32 Å². The van der Waals surface area contributed by atoms with Gasteiger partial charge in [-0.05, 0) is 19.1 Å². The first-order valence-electron chi connectivity index (χ1n) is 5.64. The fourth-order valence-corrected chi connectivity index (χ4v) is 1.69. The zero-order valence-corrected chi connectivity index (χ0v) is 10.1. The highest BCUT2D eigenvalue weighted by Gasteiger charge is 2.25. The number of rotatable bonds is 4. The van der Waals surface area contributed by atoms with Crippen molar-refractivity contribution in [2.75, 3.05) is 0 Å². The molecular formula is C12H13N3O4. The predicted octanol–water partition coefficient (Wildman–Crippen LogP) is 0.127. The number of nitrogens with one attached hydrogen (secondary N) is 2. The Morgan fingerprint density at radius 3 is 2.79 bits per heavy atom. The highest BCUT2D eigenvalue weighted by molar-refractivity contribution is 5.99. The number of hydrogen-bond donors (Lipinski definition) is 4. The number of nitrogens with zero attached hydrogens (tertiary/aromatic N) is 1. The molecule has 19 heavy (non-hydrogen) atoms. The van der Waals surface area contributed by atoms with Crippen LogP contribution in [0.2, 0.25) is 0 Å². The summed E-state index contributed by atoms with van der Waals surface area (Å²) in [6.45, 7) is 1.30. The molecule has 1 amide bonds. The summed E-state index contributed by atoms with van der Waals surface area (Å²) in [5.74, 6) is -1.85. The van der Waals surface area contributed by atoms with E-state index in [1.807, 2.05) is 0 Å². The van der Waals surface area contributed by atoms with Crippen molar-refractivity contribution in [3.05, 3.63) is 30.0 Å². The van der Waals surface area contributed by atoms with Crippen molar-refractivity contribution >= 4 is 22.8 Å². The number of amides is 1. The van der Waals surface area contributed by atoms with Gasteiger partial charge in [0.15, 0.2) is 6.04 Å². The Balaban J connectivity index is 2.21. The van der Waals surface area contributed by atoms with E-state index in [9.17, 15) is 14.7 Å². The molecule has 2 aromatic rings. The molecule has 7 nitrogen and oxygen atoms in total. The van der Waals surface area contributed by atoms with Crippen molar-refractivity contribution in [2.24, 2.45) is 0 Å². The topological polar surface area (TPSA) is 115 Å². The molecule has 0 saturated heterocycles. The van der Waals surface area contributed by atoms with Crippen LogP contribution in [0.4, 0.5) is 0 Å². The number of carbonyl (C=O) groups excluding carboxylic acids is 1. The molecule has 1 heterocycles. The van der Waals surface area contributed by atoms with Crippen molar-refractivity contribution in [3.63, 3.8) is 0 Å². The second-order valence-electron chi connectivity index (χ2n) is 4.20. The number of fused-ring (bicyclic) bond motifs is 1. The van der Waals surface area contributed by atoms with E-state index in [1.165, 1.54) is 6.92 Å². The van der Waals surface area contributed by atoms with Gasteiger partial charge in [-0.2, -0.15) is 5.10 Å². The summed E-state index contributed by atoms with van der Waals surface area (Å²) in [5, 5.41) is 27.9. The Kier molecular flexibility index (Phi) is 3.48. The maximum atomic E-state index is 11.9. The number of aromatic amines is 1. The molecule has 0 radical (unpaired) electrons. The Morgan fingerprint density at radius 2 is 2.16 bits per heavy atom. The number of hydrogen-bond acceptors (Lipinski definition) is 4. The van der Waals surface area contributed by atoms with E-state index in [0.29, 0.717) is 11.1 Å². The minimum absolute atomic E-state index is 0.295. The van der Waals surface area contributed by atoms with Gasteiger partial charge in [-0.3, -0.25) is 9.89 Å². The van der Waals surface area contributed by atoms with Crippen LogP contribution in [-0.2, 0) is 4.79 Å². The number of aliphatic carboxylic acids is 1. The molecule has 100 valence electrons. The van der Waals surface area contributed by atoms with E-state index >= 15 is 0 Å². The quantitative estimate of drug-likeness (QED) is 0.625. The van der Waals surface area contributed by atoms with Gasteiger partial charge in [0.05, 0.1) is 17.8 Å². The van der Waals surface area contributed by atoms with Gasteiger partial charge in [0.1, 0.15) is 0 Å². The third kappa shape index (κ3) is 2.71. The second kappa shape index (κ2) is 5.07. The molecular weight excluding hydrogens is 250 g/mol. The van der Waals surface area contributed by atoms with Gasteiger partial charge < -0.3 is 15.5 Å². The predicted molar refractivity (Wildman–Crippen MR) is 66.7 cm³/mol. The van der Waals surface area contributed by atoms with Gasteiger partial charge in [0.25, 0.3) is 5.91 Å². The summed E-state index contributed by atoms with van der Waals surface area (Å²) >= 11 is 0. The molecule has 0 bridgehead atoms. The molecule has 0 unspecified atom stereocenters. The number of carboxylic acid groups (broad SMARTS) is 1. The van der Waals surface area contributed by atoms with Crippen LogP contribution in [0.3, 0.4) is 0 Å². The number of aromatic nitrogens is 2. The second-order valence-corrected chi connectivity index (χ2v) is 4.20. The molecule has 0 aliphatic rings. The molecule has 4 N–H and O–H groups in total. The monoisotopic (exact) mass is 263 g/mol. The Morgan fingerprint density at radius 1 is 1.42 bits per heavy atom. The van der Waals surface area contributed by atoms with Crippen LogP contribution in [0.1, 0.15) is 17.3 Å². The Labute approximate surface area is 108 Å². The molecule has 2 rings (SSSR count). The van der Waals surface area contributed by atoms with Crippen molar-refractivity contribution < 1.29 is 19.8 Å². The van der Waals surface area contributed by atoms with Crippen LogP contribution in [0.15, 0.2) is 24.4 Å². The normalized spacial score (nSPS) is 14.0. The highest BCUT2D eigenvalue weighted by Crippen LogP contribution is 2.13. The molecule has 7 heteroatoms. The maximum Gasteiger partial charge on any atom is 0.328 e. The average molecular weight is 263 g/mol. The van der Waals surface area contributed by atoms with Crippen LogP contribution >= 0.6 is 0 Å². The molecule has 0 spiro atoms. The van der Waals surface area contributed by atoms with Crippen LogP contribution in [-0.4, -0.2) is 44.4 Å². The number of H-pyrrole nitrogens is 1. The lowest BCUT2D eigenvalue weighted by Gasteiger charge is -2.16. The van der Waals surface area contributed by atoms with Crippen molar-refractivity contribution in [1.29, 1.82) is 0 Å². The third-order valence-electron chi connectivity index (χ3n) is 2.74. The summed E-state index contributed by atoms with van der Waals surface area (Å²) in [5.41, 5.74) is 0.972. The number of aliphatic hydroxyl groups excluding tert-OH is 1. The van der Waals surface area contributed by atoms with E-state index in [0.717, 1.165) is 5.39 Å². The summed E-state index contributed by atoms with van der Waals surface area (Å²) in [6, 6.07) is 3.49. The lowest BCUT2D eigenvalue weighted by molar-refractivity contribution is -0.141. The molecule has 0 fully saturated rings. The van der Waals surface area contributed by atoms with Crippen molar-refractivity contribution in [3.8, 4) is 0 Å². The van der Waals surface area contributed by atoms with E-state index in [-0.39, 0.29) is 0 Å². The molecule has 0 saturated carbocycles. The van der Waals surface area contributed by atoms with Crippen LogP contribution in [0.25, 0.3) is 10.9 Å². The zero-order chi connectivity index (χ0) is 14.0. The lowest BCUT2D eigenvalue weighted by atomic mass is 10.1. The number of aliphatic hydroxyl groups is 1. The Bertz CT molecular complexity index is 620. The van der Waals surface area contributed by atoms with Gasteiger partial charge in [-0.1, -0.05) is 6.07 Å². The molecule has 1 aromatic carbocycles. The van der Waals surface area contributed by atoms with Crippen molar-refractivity contribution in [2.45, 2.75) is 19.1 Å². The van der Waals surface area contributed by atoms with Crippen LogP contribution in [0.5, 0.6) is 0 Å². The first-order valence-corrected chi connectivity index (χ1v) is 5.64. The van der Waals surface area contributed by atoms with E-state index in [1.54, 1.807) is 24.4 Å². The fraction of sp³-hybridized carbons (Fsp3) is 0.250. The fourth-order valence-electron chi connectivity index (χ4n) is 1.69. The molecule has 1 aromatic heterocycles. The van der Waals surface area contributed by atoms with Gasteiger partial charge in [-0.25, -0.2) is 4.79 Å². The largest absolute Gasteiger partial charge is 0.480 e. The van der Waals surface area contributed by atoms with E-state index < -0.39 is 24.0 Å². The molecule has 0 aliphatic carbocycles. The summed E-state index contributed by atoms with van der Waals surface area (Å²) < 4.78 is 0. The van der Waals surface area contributed by atoms with Gasteiger partial charge >= 0.3 is 5.97 Å². The summed E-state index contributed by atoms with van der Waals surface area (Å²) in [7, 11) is 0. The van der Waals surface area contributed by atoms with Crippen molar-refractivity contribution in [1.82, 2.24) is 15.5 Å². The SMILES string of the molecule is C[C@@H](O)[C@H](NC(=O)c1ccc2cn[nH]c2c1)C(=O)O. The standard InChI is InChI=1S/C12H13N3O4/c1-6(16)10(12(18)19)14-11(17)7-2-3-8-5-13-15-9(8)4-7/h2-6,10,16H,1H3,(H,13,15)(H,14,17)(H,18,19)/t6-,10+/m1/s1. The smallest absolute Gasteiger partial charge is 0.328 e. The molecule has 0 aliphatic heterocycles. The van der Waals surface area contributed by atoms with Gasteiger partial charge in [0, 0.05) is 10.9 Å². The zero-order valence-electron chi connectivity index (χ0n) is 10.1. The number of carbonyl (C=O) groups is 2. The van der Waals surface area contributed by atoms with Crippen LogP contribution in [0, 0.1) is 0 Å². The summed E-state index contributed by atoms with van der Waals surface area (Å²) in [4.78, 5) is 22.8. The average Bonchev–Trinajstić information content (AvgIpc) is 2.81. The summed E-state index contributed by atoms with van der Waals surface area (Å²) in [6.07, 6.45) is 0.435. The molecule has 2 atom stereocenters. The minimum Gasteiger partial charge on any atom is -0.480 e. The number of benzene rings is 1. The first kappa shape index (κ1) is 13.0. The first-order chi connectivity index (χ1) is 8.99. The lowest BCUT2D eigenvalue weighted by Crippen LogP contribution is -2.47.